The van der Waals surface area contributed by atoms with Crippen molar-refractivity contribution in [2.45, 2.75) is 32.9 Å². The smallest absolute Gasteiger partial charge is 0.191 e. The average Bonchev–Trinajstić information content (AvgIpc) is 2.63. The van der Waals surface area contributed by atoms with Crippen molar-refractivity contribution in [3.05, 3.63) is 35.9 Å². The van der Waals surface area contributed by atoms with Crippen LogP contribution in [0.4, 0.5) is 5.82 Å². The van der Waals surface area contributed by atoms with Crippen LogP contribution in [0.25, 0.3) is 10.9 Å². The van der Waals surface area contributed by atoms with Gasteiger partial charge < -0.3 is 20.3 Å². The third-order valence-electron chi connectivity index (χ3n) is 4.23. The van der Waals surface area contributed by atoms with Crippen molar-refractivity contribution in [1.82, 2.24) is 15.6 Å². The normalized spacial score (nSPS) is 12.3. The largest absolute Gasteiger partial charge is 0.377 e. The first-order valence-corrected chi connectivity index (χ1v) is 8.99. The molecule has 1 aromatic heterocycles. The molecule has 0 radical (unpaired) electrons. The zero-order valence-corrected chi connectivity index (χ0v) is 16.8. The molecule has 142 valence electrons. The number of methoxy groups -OCH3 is 1. The predicted octanol–water partition coefficient (Wildman–Crippen LogP) is 2.78. The third kappa shape index (κ3) is 5.33. The number of guanidine groups is 1. The van der Waals surface area contributed by atoms with E-state index in [1.165, 1.54) is 0 Å². The SMILES string of the molecule is CCNC(=NCc1cc(N(C)C)nc2ccccc12)NCC(C)(C)OC. The highest BCUT2D eigenvalue weighted by Gasteiger charge is 2.16. The Kier molecular flexibility index (Phi) is 6.80. The summed E-state index contributed by atoms with van der Waals surface area (Å²) in [6.07, 6.45) is 0. The van der Waals surface area contributed by atoms with Crippen molar-refractivity contribution in [1.29, 1.82) is 0 Å². The topological polar surface area (TPSA) is 61.8 Å². The lowest BCUT2D eigenvalue weighted by Crippen LogP contribution is -2.45. The first kappa shape index (κ1) is 20.0. The maximum absolute atomic E-state index is 5.47. The van der Waals surface area contributed by atoms with E-state index in [9.17, 15) is 0 Å². The molecule has 0 aliphatic rings. The van der Waals surface area contributed by atoms with Gasteiger partial charge in [0.25, 0.3) is 0 Å². The lowest BCUT2D eigenvalue weighted by atomic mass is 10.1. The van der Waals surface area contributed by atoms with Gasteiger partial charge in [0.1, 0.15) is 5.82 Å². The van der Waals surface area contributed by atoms with Crippen molar-refractivity contribution in [2.24, 2.45) is 4.99 Å². The van der Waals surface area contributed by atoms with Gasteiger partial charge in [-0.3, -0.25) is 0 Å². The number of para-hydroxylation sites is 1. The molecule has 0 unspecified atom stereocenters. The van der Waals surface area contributed by atoms with Gasteiger partial charge in [-0.1, -0.05) is 18.2 Å². The summed E-state index contributed by atoms with van der Waals surface area (Å²) in [5, 5.41) is 7.78. The maximum Gasteiger partial charge on any atom is 0.191 e. The van der Waals surface area contributed by atoms with E-state index in [1.807, 2.05) is 51.0 Å². The number of anilines is 1. The molecule has 0 saturated carbocycles. The summed E-state index contributed by atoms with van der Waals surface area (Å²) in [6, 6.07) is 10.3. The van der Waals surface area contributed by atoms with Crippen LogP contribution in [0.5, 0.6) is 0 Å². The molecule has 6 heteroatoms. The number of nitrogens with zero attached hydrogens (tertiary/aromatic N) is 3. The molecular formula is C20H31N5O. The number of benzene rings is 1. The number of rotatable bonds is 7. The predicted molar refractivity (Wildman–Crippen MR) is 110 cm³/mol. The van der Waals surface area contributed by atoms with Crippen molar-refractivity contribution < 1.29 is 4.74 Å². The third-order valence-corrected chi connectivity index (χ3v) is 4.23. The molecule has 1 aromatic carbocycles. The molecule has 2 N–H and O–H groups in total. The Morgan fingerprint density at radius 1 is 1.23 bits per heavy atom. The molecule has 0 fully saturated rings. The number of hydrogen-bond acceptors (Lipinski definition) is 4. The van der Waals surface area contributed by atoms with E-state index in [0.717, 1.165) is 34.8 Å². The lowest BCUT2D eigenvalue weighted by Gasteiger charge is -2.24. The molecule has 26 heavy (non-hydrogen) atoms. The number of aliphatic imine (C=N–C) groups is 1. The summed E-state index contributed by atoms with van der Waals surface area (Å²) in [5.74, 6) is 1.72. The molecule has 0 bridgehead atoms. The number of nitrogens with one attached hydrogen (secondary N) is 2. The molecule has 0 amide bonds. The fraction of sp³-hybridized carbons (Fsp3) is 0.500. The molecule has 0 aliphatic carbocycles. The molecule has 2 rings (SSSR count). The highest BCUT2D eigenvalue weighted by molar-refractivity contribution is 5.85. The first-order valence-electron chi connectivity index (χ1n) is 8.99. The second-order valence-corrected chi connectivity index (χ2v) is 7.06. The van der Waals surface area contributed by atoms with Gasteiger partial charge in [-0.05, 0) is 38.5 Å². The van der Waals surface area contributed by atoms with Crippen LogP contribution in [-0.4, -0.2) is 50.8 Å². The summed E-state index contributed by atoms with van der Waals surface area (Å²) >= 11 is 0. The number of pyridine rings is 1. The van der Waals surface area contributed by atoms with Crippen LogP contribution in [0.1, 0.15) is 26.3 Å². The van der Waals surface area contributed by atoms with Crippen LogP contribution < -0.4 is 15.5 Å². The van der Waals surface area contributed by atoms with Crippen molar-refractivity contribution in [2.75, 3.05) is 39.2 Å². The number of aromatic nitrogens is 1. The van der Waals surface area contributed by atoms with E-state index >= 15 is 0 Å². The Morgan fingerprint density at radius 2 is 1.96 bits per heavy atom. The molecule has 0 atom stereocenters. The van der Waals surface area contributed by atoms with Crippen molar-refractivity contribution in [3.63, 3.8) is 0 Å². The Morgan fingerprint density at radius 3 is 2.62 bits per heavy atom. The fourth-order valence-corrected chi connectivity index (χ4v) is 2.47. The Hall–Kier alpha value is -2.34. The van der Waals surface area contributed by atoms with Gasteiger partial charge >= 0.3 is 0 Å². The summed E-state index contributed by atoms with van der Waals surface area (Å²) in [5.41, 5.74) is 1.89. The molecule has 6 nitrogen and oxygen atoms in total. The summed E-state index contributed by atoms with van der Waals surface area (Å²) in [7, 11) is 5.73. The first-order chi connectivity index (χ1) is 12.4. The number of hydrogen-bond donors (Lipinski definition) is 2. The van der Waals surface area contributed by atoms with Crippen LogP contribution in [0.3, 0.4) is 0 Å². The van der Waals surface area contributed by atoms with Crippen LogP contribution in [-0.2, 0) is 11.3 Å². The van der Waals surface area contributed by atoms with Crippen molar-refractivity contribution >= 4 is 22.7 Å². The Balaban J connectivity index is 2.27. The van der Waals surface area contributed by atoms with Crippen LogP contribution in [0, 0.1) is 0 Å². The van der Waals surface area contributed by atoms with Crippen LogP contribution >= 0.6 is 0 Å². The summed E-state index contributed by atoms with van der Waals surface area (Å²) < 4.78 is 5.47. The number of fused-ring (bicyclic) bond motifs is 1. The van der Waals surface area contributed by atoms with Gasteiger partial charge in [0.05, 0.1) is 17.7 Å². The van der Waals surface area contributed by atoms with Gasteiger partial charge in [0.2, 0.25) is 0 Å². The Bertz CT molecular complexity index is 755. The standard InChI is InChI=1S/C20H31N5O/c1-7-21-19(23-14-20(2,3)26-6)22-13-15-12-18(25(4)5)24-17-11-9-8-10-16(15)17/h8-12H,7,13-14H2,1-6H3,(H2,21,22,23). The van der Waals surface area contributed by atoms with Gasteiger partial charge in [-0.15, -0.1) is 0 Å². The number of ether oxygens (including phenoxy) is 1. The van der Waals surface area contributed by atoms with Gasteiger partial charge in [-0.25, -0.2) is 9.98 Å². The second-order valence-electron chi connectivity index (χ2n) is 7.06. The highest BCUT2D eigenvalue weighted by atomic mass is 16.5. The monoisotopic (exact) mass is 357 g/mol. The average molecular weight is 358 g/mol. The zero-order valence-electron chi connectivity index (χ0n) is 16.8. The fourth-order valence-electron chi connectivity index (χ4n) is 2.47. The second kappa shape index (κ2) is 8.85. The minimum absolute atomic E-state index is 0.252. The lowest BCUT2D eigenvalue weighted by molar-refractivity contribution is 0.0268. The zero-order chi connectivity index (χ0) is 19.2. The molecular weight excluding hydrogens is 326 g/mol. The van der Waals surface area contributed by atoms with E-state index in [4.69, 9.17) is 14.7 Å². The van der Waals surface area contributed by atoms with Gasteiger partial charge in [0.15, 0.2) is 5.96 Å². The van der Waals surface area contributed by atoms with E-state index in [-0.39, 0.29) is 5.60 Å². The molecule has 1 heterocycles. The van der Waals surface area contributed by atoms with Gasteiger partial charge in [0, 0.05) is 39.7 Å². The molecule has 0 aliphatic heterocycles. The van der Waals surface area contributed by atoms with E-state index in [0.29, 0.717) is 13.1 Å². The van der Waals surface area contributed by atoms with Gasteiger partial charge in [-0.2, -0.15) is 0 Å². The van der Waals surface area contributed by atoms with Crippen LogP contribution in [0.15, 0.2) is 35.3 Å². The summed E-state index contributed by atoms with van der Waals surface area (Å²) in [6.45, 7) is 8.21. The molecule has 0 spiro atoms. The highest BCUT2D eigenvalue weighted by Crippen LogP contribution is 2.22. The minimum atomic E-state index is -0.252. The van der Waals surface area contributed by atoms with E-state index < -0.39 is 0 Å². The summed E-state index contributed by atoms with van der Waals surface area (Å²) in [4.78, 5) is 11.5. The molecule has 2 aromatic rings. The van der Waals surface area contributed by atoms with Crippen LogP contribution in [0.2, 0.25) is 0 Å². The quantitative estimate of drug-likeness (QED) is 0.589. The molecule has 0 saturated heterocycles. The maximum atomic E-state index is 5.47. The van der Waals surface area contributed by atoms with E-state index in [2.05, 4.69) is 29.7 Å². The van der Waals surface area contributed by atoms with E-state index in [1.54, 1.807) is 7.11 Å². The Labute approximate surface area is 156 Å². The minimum Gasteiger partial charge on any atom is -0.377 e. The van der Waals surface area contributed by atoms with Crippen molar-refractivity contribution in [3.8, 4) is 0 Å².